The highest BCUT2D eigenvalue weighted by atomic mass is 16.1. The van der Waals surface area contributed by atoms with Crippen molar-refractivity contribution in [3.05, 3.63) is 0 Å². The van der Waals surface area contributed by atoms with Crippen molar-refractivity contribution in [3.8, 4) is 0 Å². The number of rotatable bonds is 5. The zero-order valence-corrected chi connectivity index (χ0v) is 10.5. The number of amides is 1. The standard InChI is InChI=1S/C12H25N3O/c1-10-3-6-12(9-13,7-4-10)15(2)8-5-11(14)16/h10H,3-9,13H2,1-2H3,(H2,14,16). The van der Waals surface area contributed by atoms with E-state index in [1.54, 1.807) is 0 Å². The summed E-state index contributed by atoms with van der Waals surface area (Å²) in [5.41, 5.74) is 11.2. The smallest absolute Gasteiger partial charge is 0.218 e. The Morgan fingerprint density at radius 1 is 1.44 bits per heavy atom. The monoisotopic (exact) mass is 227 g/mol. The molecule has 0 atom stereocenters. The van der Waals surface area contributed by atoms with Gasteiger partial charge in [0.05, 0.1) is 0 Å². The molecule has 1 aliphatic rings. The van der Waals surface area contributed by atoms with Crippen LogP contribution in [-0.4, -0.2) is 36.5 Å². The number of nitrogens with zero attached hydrogens (tertiary/aromatic N) is 1. The predicted octanol–water partition coefficient (Wildman–Crippen LogP) is 0.701. The third kappa shape index (κ3) is 3.19. The number of nitrogens with two attached hydrogens (primary N) is 2. The van der Waals surface area contributed by atoms with Crippen molar-refractivity contribution in [2.45, 2.75) is 44.6 Å². The number of likely N-dealkylation sites (N-methyl/N-ethyl adjacent to an activating group) is 1. The van der Waals surface area contributed by atoms with Crippen LogP contribution in [0, 0.1) is 5.92 Å². The van der Waals surface area contributed by atoms with E-state index in [-0.39, 0.29) is 11.4 Å². The van der Waals surface area contributed by atoms with Crippen molar-refractivity contribution in [2.24, 2.45) is 17.4 Å². The van der Waals surface area contributed by atoms with Crippen molar-refractivity contribution in [2.75, 3.05) is 20.1 Å². The molecule has 0 aliphatic heterocycles. The van der Waals surface area contributed by atoms with Gasteiger partial charge in [-0.3, -0.25) is 9.69 Å². The SMILES string of the molecule is CC1CCC(CN)(N(C)CCC(N)=O)CC1. The fourth-order valence-electron chi connectivity index (χ4n) is 2.56. The molecule has 1 amide bonds. The first-order chi connectivity index (χ1) is 7.50. The lowest BCUT2D eigenvalue weighted by Gasteiger charge is -2.45. The van der Waals surface area contributed by atoms with Gasteiger partial charge in [0.2, 0.25) is 5.91 Å². The third-order valence-corrected chi connectivity index (χ3v) is 4.09. The second-order valence-corrected chi connectivity index (χ2v) is 5.25. The molecule has 0 aromatic heterocycles. The van der Waals surface area contributed by atoms with Gasteiger partial charge in [-0.15, -0.1) is 0 Å². The summed E-state index contributed by atoms with van der Waals surface area (Å²) >= 11 is 0. The van der Waals surface area contributed by atoms with Crippen LogP contribution in [0.5, 0.6) is 0 Å². The first-order valence-corrected chi connectivity index (χ1v) is 6.20. The quantitative estimate of drug-likeness (QED) is 0.726. The predicted molar refractivity (Wildman–Crippen MR) is 65.9 cm³/mol. The lowest BCUT2D eigenvalue weighted by molar-refractivity contribution is -0.118. The maximum atomic E-state index is 10.8. The van der Waals surface area contributed by atoms with E-state index in [0.717, 1.165) is 25.3 Å². The van der Waals surface area contributed by atoms with Gasteiger partial charge >= 0.3 is 0 Å². The molecule has 0 heterocycles. The minimum absolute atomic E-state index is 0.0992. The Kier molecular flexibility index (Phi) is 4.74. The number of carbonyl (C=O) groups excluding carboxylic acids is 1. The summed E-state index contributed by atoms with van der Waals surface area (Å²) < 4.78 is 0. The van der Waals surface area contributed by atoms with Crippen LogP contribution in [0.25, 0.3) is 0 Å². The van der Waals surface area contributed by atoms with E-state index in [0.29, 0.717) is 13.0 Å². The molecule has 16 heavy (non-hydrogen) atoms. The summed E-state index contributed by atoms with van der Waals surface area (Å²) in [5.74, 6) is 0.576. The molecular formula is C12H25N3O. The highest BCUT2D eigenvalue weighted by Gasteiger charge is 2.36. The molecule has 0 aromatic carbocycles. The van der Waals surface area contributed by atoms with E-state index in [1.165, 1.54) is 12.8 Å². The van der Waals surface area contributed by atoms with E-state index >= 15 is 0 Å². The molecule has 4 nitrogen and oxygen atoms in total. The van der Waals surface area contributed by atoms with E-state index in [2.05, 4.69) is 18.9 Å². The van der Waals surface area contributed by atoms with Gasteiger partial charge in [0.15, 0.2) is 0 Å². The lowest BCUT2D eigenvalue weighted by atomic mass is 9.76. The molecule has 0 saturated heterocycles. The Hall–Kier alpha value is -0.610. The van der Waals surface area contributed by atoms with Gasteiger partial charge in [-0.1, -0.05) is 6.92 Å². The van der Waals surface area contributed by atoms with Gasteiger partial charge < -0.3 is 11.5 Å². The molecule has 94 valence electrons. The third-order valence-electron chi connectivity index (χ3n) is 4.09. The number of carbonyl (C=O) groups is 1. The van der Waals surface area contributed by atoms with E-state index in [9.17, 15) is 4.79 Å². The highest BCUT2D eigenvalue weighted by Crippen LogP contribution is 2.35. The molecule has 4 N–H and O–H groups in total. The van der Waals surface area contributed by atoms with Gasteiger partial charge in [-0.25, -0.2) is 0 Å². The maximum Gasteiger partial charge on any atom is 0.218 e. The molecule has 1 fully saturated rings. The zero-order chi connectivity index (χ0) is 12.2. The lowest BCUT2D eigenvalue weighted by Crippen LogP contribution is -2.54. The van der Waals surface area contributed by atoms with Crippen LogP contribution < -0.4 is 11.5 Å². The fourth-order valence-corrected chi connectivity index (χ4v) is 2.56. The molecule has 0 bridgehead atoms. The van der Waals surface area contributed by atoms with E-state index in [1.807, 2.05) is 0 Å². The summed E-state index contributed by atoms with van der Waals surface area (Å²) in [4.78, 5) is 13.0. The van der Waals surface area contributed by atoms with Crippen molar-refractivity contribution in [1.29, 1.82) is 0 Å². The molecule has 0 aromatic rings. The van der Waals surface area contributed by atoms with Crippen LogP contribution in [0.3, 0.4) is 0 Å². The average Bonchev–Trinajstić information content (AvgIpc) is 2.27. The first-order valence-electron chi connectivity index (χ1n) is 6.20. The van der Waals surface area contributed by atoms with Crippen molar-refractivity contribution < 1.29 is 4.79 Å². The van der Waals surface area contributed by atoms with Crippen molar-refractivity contribution in [3.63, 3.8) is 0 Å². The summed E-state index contributed by atoms with van der Waals surface area (Å²) in [6.45, 7) is 3.69. The minimum Gasteiger partial charge on any atom is -0.370 e. The molecule has 4 heteroatoms. The topological polar surface area (TPSA) is 72.3 Å². The Morgan fingerprint density at radius 3 is 2.44 bits per heavy atom. The van der Waals surface area contributed by atoms with Crippen LogP contribution in [0.15, 0.2) is 0 Å². The van der Waals surface area contributed by atoms with Gasteiger partial charge in [0.1, 0.15) is 0 Å². The molecule has 1 aliphatic carbocycles. The Bertz CT molecular complexity index is 234. The summed E-state index contributed by atoms with van der Waals surface area (Å²) in [6.07, 6.45) is 5.17. The van der Waals surface area contributed by atoms with E-state index in [4.69, 9.17) is 11.5 Å². The van der Waals surface area contributed by atoms with Crippen molar-refractivity contribution in [1.82, 2.24) is 4.90 Å². The van der Waals surface area contributed by atoms with Crippen LogP contribution in [0.1, 0.15) is 39.0 Å². The number of primary amides is 1. The molecule has 0 unspecified atom stereocenters. The van der Waals surface area contributed by atoms with Gasteiger partial charge in [-0.05, 0) is 38.6 Å². The zero-order valence-electron chi connectivity index (χ0n) is 10.5. The second-order valence-electron chi connectivity index (χ2n) is 5.25. The van der Waals surface area contributed by atoms with Crippen LogP contribution >= 0.6 is 0 Å². The summed E-state index contributed by atoms with van der Waals surface area (Å²) in [7, 11) is 2.06. The summed E-state index contributed by atoms with van der Waals surface area (Å²) in [5, 5.41) is 0. The fraction of sp³-hybridized carbons (Fsp3) is 0.917. The summed E-state index contributed by atoms with van der Waals surface area (Å²) in [6, 6.07) is 0. The Balaban J connectivity index is 2.54. The van der Waals surface area contributed by atoms with Gasteiger partial charge in [0, 0.05) is 25.0 Å². The van der Waals surface area contributed by atoms with Crippen LogP contribution in [0.4, 0.5) is 0 Å². The molecule has 0 spiro atoms. The molecular weight excluding hydrogens is 202 g/mol. The first kappa shape index (κ1) is 13.5. The molecule has 1 rings (SSSR count). The van der Waals surface area contributed by atoms with Crippen LogP contribution in [-0.2, 0) is 4.79 Å². The second kappa shape index (κ2) is 5.64. The largest absolute Gasteiger partial charge is 0.370 e. The number of hydrogen-bond donors (Lipinski definition) is 2. The highest BCUT2D eigenvalue weighted by molar-refractivity contribution is 5.73. The normalized spacial score (nSPS) is 30.6. The Morgan fingerprint density at radius 2 is 2.00 bits per heavy atom. The maximum absolute atomic E-state index is 10.8. The Labute approximate surface area is 98.3 Å². The number of hydrogen-bond acceptors (Lipinski definition) is 3. The van der Waals surface area contributed by atoms with E-state index < -0.39 is 0 Å². The molecule has 0 radical (unpaired) electrons. The molecule has 1 saturated carbocycles. The van der Waals surface area contributed by atoms with Gasteiger partial charge in [-0.2, -0.15) is 0 Å². The van der Waals surface area contributed by atoms with Gasteiger partial charge in [0.25, 0.3) is 0 Å². The average molecular weight is 227 g/mol. The van der Waals surface area contributed by atoms with Crippen molar-refractivity contribution >= 4 is 5.91 Å². The minimum atomic E-state index is -0.233. The van der Waals surface area contributed by atoms with Crippen LogP contribution in [0.2, 0.25) is 0 Å².